The second-order valence-corrected chi connectivity index (χ2v) is 5.74. The number of aromatic nitrogens is 2. The van der Waals surface area contributed by atoms with E-state index in [2.05, 4.69) is 15.3 Å². The van der Waals surface area contributed by atoms with Gasteiger partial charge in [0, 0.05) is 11.4 Å². The van der Waals surface area contributed by atoms with Crippen LogP contribution in [0.5, 0.6) is 5.75 Å². The summed E-state index contributed by atoms with van der Waals surface area (Å²) in [6.07, 6.45) is 1.03. The number of nitrogens with one attached hydrogen (secondary N) is 1. The number of hydrogen-bond acceptors (Lipinski definition) is 5. The Morgan fingerprint density at radius 3 is 2.48 bits per heavy atom. The van der Waals surface area contributed by atoms with Gasteiger partial charge in [0.1, 0.15) is 5.75 Å². The lowest BCUT2D eigenvalue weighted by Gasteiger charge is -2.05. The highest BCUT2D eigenvalue weighted by Crippen LogP contribution is 2.28. The van der Waals surface area contributed by atoms with Crippen molar-refractivity contribution in [2.45, 2.75) is 6.92 Å². The number of nitrogens with zero attached hydrogens (tertiary/aromatic N) is 2. The Morgan fingerprint density at radius 1 is 1.16 bits per heavy atom. The van der Waals surface area contributed by atoms with E-state index in [0.29, 0.717) is 16.3 Å². The van der Waals surface area contributed by atoms with Crippen LogP contribution in [0.4, 0.5) is 21.6 Å². The molecule has 0 saturated heterocycles. The lowest BCUT2D eigenvalue weighted by atomic mass is 10.2. The van der Waals surface area contributed by atoms with Crippen molar-refractivity contribution in [3.8, 4) is 5.75 Å². The summed E-state index contributed by atoms with van der Waals surface area (Å²) in [4.78, 5) is 7.26. The van der Waals surface area contributed by atoms with Crippen LogP contribution in [-0.2, 0) is 0 Å². The molecular weight excluding hydrogens is 366 g/mol. The van der Waals surface area contributed by atoms with E-state index in [9.17, 15) is 4.39 Å². The molecule has 130 valence electrons. The highest BCUT2D eigenvalue weighted by atomic mass is 35.5. The molecule has 0 bridgehead atoms. The number of hydrogen-bond donors (Lipinski definition) is 3. The number of para-hydroxylation sites is 1. The highest BCUT2D eigenvalue weighted by molar-refractivity contribution is 6.32. The van der Waals surface area contributed by atoms with Gasteiger partial charge < -0.3 is 16.2 Å². The number of nitrogen functional groups attached to an aromatic ring is 1. The number of rotatable bonds is 2. The molecule has 0 radical (unpaired) electrons. The zero-order valence-corrected chi connectivity index (χ0v) is 14.7. The fourth-order valence-corrected chi connectivity index (χ4v) is 2.26. The van der Waals surface area contributed by atoms with E-state index in [1.165, 1.54) is 6.07 Å². The summed E-state index contributed by atoms with van der Waals surface area (Å²) in [5, 5.41) is 12.3. The number of anilines is 3. The van der Waals surface area contributed by atoms with Gasteiger partial charge in [-0.3, -0.25) is 0 Å². The molecule has 0 amide bonds. The smallest absolute Gasteiger partial charge is 0.224 e. The van der Waals surface area contributed by atoms with Crippen molar-refractivity contribution in [2.75, 3.05) is 11.1 Å². The number of nitrogens with two attached hydrogens (primary N) is 1. The Balaban J connectivity index is 0.000000196. The summed E-state index contributed by atoms with van der Waals surface area (Å²) in [5.41, 5.74) is 7.44. The summed E-state index contributed by atoms with van der Waals surface area (Å²) in [5.74, 6) is -0.361. The minimum atomic E-state index is -0.539. The fraction of sp³-hybridized carbons (Fsp3) is 0.0588. The second kappa shape index (κ2) is 8.50. The summed E-state index contributed by atoms with van der Waals surface area (Å²) < 4.78 is 13.2. The third kappa shape index (κ3) is 5.48. The molecule has 25 heavy (non-hydrogen) atoms. The minimum absolute atomic E-state index is 0.00910. The van der Waals surface area contributed by atoms with Crippen LogP contribution in [0.2, 0.25) is 10.3 Å². The molecule has 8 heteroatoms. The first kappa shape index (κ1) is 18.8. The van der Waals surface area contributed by atoms with Crippen LogP contribution in [0.15, 0.2) is 48.7 Å². The summed E-state index contributed by atoms with van der Waals surface area (Å²) in [6, 6.07) is 12.3. The normalized spacial score (nSPS) is 9.92. The molecule has 1 aromatic heterocycles. The predicted molar refractivity (Wildman–Crippen MR) is 99.0 cm³/mol. The van der Waals surface area contributed by atoms with Crippen molar-refractivity contribution < 1.29 is 9.50 Å². The molecule has 0 aliphatic carbocycles. The molecular formula is C17H15Cl2FN4O. The van der Waals surface area contributed by atoms with Gasteiger partial charge in [0.25, 0.3) is 0 Å². The minimum Gasteiger partial charge on any atom is -0.506 e. The lowest BCUT2D eigenvalue weighted by Crippen LogP contribution is -1.98. The number of halogens is 3. The highest BCUT2D eigenvalue weighted by Gasteiger charge is 2.05. The van der Waals surface area contributed by atoms with E-state index in [-0.39, 0.29) is 16.9 Å². The molecule has 5 nitrogen and oxygen atoms in total. The van der Waals surface area contributed by atoms with Crippen LogP contribution in [0, 0.1) is 12.7 Å². The van der Waals surface area contributed by atoms with Crippen LogP contribution >= 0.6 is 23.2 Å². The van der Waals surface area contributed by atoms with Gasteiger partial charge in [-0.15, -0.1) is 0 Å². The molecule has 2 aromatic carbocycles. The van der Waals surface area contributed by atoms with Gasteiger partial charge in [0.2, 0.25) is 5.28 Å². The van der Waals surface area contributed by atoms with E-state index < -0.39 is 5.82 Å². The van der Waals surface area contributed by atoms with E-state index in [0.717, 1.165) is 11.9 Å². The van der Waals surface area contributed by atoms with Gasteiger partial charge in [-0.2, -0.15) is 4.98 Å². The molecule has 0 atom stereocenters. The molecule has 0 unspecified atom stereocenters. The van der Waals surface area contributed by atoms with Crippen molar-refractivity contribution in [3.63, 3.8) is 0 Å². The Morgan fingerprint density at radius 2 is 1.84 bits per heavy atom. The molecule has 3 aromatic rings. The van der Waals surface area contributed by atoms with Crippen molar-refractivity contribution >= 4 is 40.4 Å². The average Bonchev–Trinajstić information content (AvgIpc) is 2.57. The zero-order chi connectivity index (χ0) is 18.4. The second-order valence-electron chi connectivity index (χ2n) is 4.99. The number of aryl methyl sites for hydroxylation is 1. The molecule has 0 spiro atoms. The largest absolute Gasteiger partial charge is 0.506 e. The number of phenols is 1. The quantitative estimate of drug-likeness (QED) is 0.332. The third-order valence-electron chi connectivity index (χ3n) is 3.03. The maximum Gasteiger partial charge on any atom is 0.224 e. The predicted octanol–water partition coefficient (Wildman–Crippen LogP) is 4.95. The maximum atomic E-state index is 13.2. The van der Waals surface area contributed by atoms with Crippen molar-refractivity contribution in [2.24, 2.45) is 0 Å². The molecule has 0 fully saturated rings. The number of benzene rings is 2. The Kier molecular flexibility index (Phi) is 6.38. The molecule has 4 N–H and O–H groups in total. The first-order valence-corrected chi connectivity index (χ1v) is 7.87. The molecule has 3 rings (SSSR count). The van der Waals surface area contributed by atoms with Crippen molar-refractivity contribution in [3.05, 3.63) is 70.3 Å². The van der Waals surface area contributed by atoms with E-state index in [1.54, 1.807) is 25.1 Å². The molecule has 0 aliphatic heterocycles. The molecule has 0 aliphatic rings. The number of aromatic hydroxyl groups is 1. The Bertz CT molecular complexity index is 840. The van der Waals surface area contributed by atoms with Crippen LogP contribution < -0.4 is 11.1 Å². The Hall–Kier alpha value is -2.57. The van der Waals surface area contributed by atoms with Crippen LogP contribution in [0.1, 0.15) is 5.56 Å². The first-order valence-electron chi connectivity index (χ1n) is 7.11. The van der Waals surface area contributed by atoms with Gasteiger partial charge in [0.05, 0.1) is 11.2 Å². The maximum absolute atomic E-state index is 13.2. The van der Waals surface area contributed by atoms with Crippen LogP contribution in [-0.4, -0.2) is 15.1 Å². The summed E-state index contributed by atoms with van der Waals surface area (Å²) >= 11 is 11.1. The SMILES string of the molecule is Cc1cc(N)cc(Cl)c1O.Fc1cnc(Cl)nc1Nc1ccccc1. The third-order valence-corrected chi connectivity index (χ3v) is 3.50. The lowest BCUT2D eigenvalue weighted by molar-refractivity contribution is 0.471. The average molecular weight is 381 g/mol. The van der Waals surface area contributed by atoms with E-state index >= 15 is 0 Å². The van der Waals surface area contributed by atoms with Gasteiger partial charge in [0.15, 0.2) is 11.6 Å². The molecule has 1 heterocycles. The monoisotopic (exact) mass is 380 g/mol. The number of phenolic OH excluding ortho intramolecular Hbond substituents is 1. The van der Waals surface area contributed by atoms with Crippen LogP contribution in [0.3, 0.4) is 0 Å². The van der Waals surface area contributed by atoms with Crippen LogP contribution in [0.25, 0.3) is 0 Å². The van der Waals surface area contributed by atoms with E-state index in [4.69, 9.17) is 34.0 Å². The first-order chi connectivity index (χ1) is 11.9. The van der Waals surface area contributed by atoms with Gasteiger partial charge >= 0.3 is 0 Å². The van der Waals surface area contributed by atoms with Crippen molar-refractivity contribution in [1.29, 1.82) is 0 Å². The topological polar surface area (TPSA) is 84.1 Å². The van der Waals surface area contributed by atoms with Gasteiger partial charge in [-0.1, -0.05) is 29.8 Å². The summed E-state index contributed by atoms with van der Waals surface area (Å²) in [6.45, 7) is 1.75. The standard InChI is InChI=1S/C10H7ClFN3.C7H8ClNO/c11-10-13-6-8(12)9(15-10)14-7-4-2-1-3-5-7;1-4-2-5(9)3-6(8)7(4)10/h1-6H,(H,13,14,15);2-3,10H,9H2,1H3. The fourth-order valence-electron chi connectivity index (χ4n) is 1.85. The van der Waals surface area contributed by atoms with Gasteiger partial charge in [-0.25, -0.2) is 9.37 Å². The van der Waals surface area contributed by atoms with Gasteiger partial charge in [-0.05, 0) is 48.4 Å². The Labute approximate surface area is 154 Å². The van der Waals surface area contributed by atoms with E-state index in [1.807, 2.05) is 18.2 Å². The zero-order valence-electron chi connectivity index (χ0n) is 13.2. The van der Waals surface area contributed by atoms with Crippen molar-refractivity contribution in [1.82, 2.24) is 9.97 Å². The summed E-state index contributed by atoms with van der Waals surface area (Å²) in [7, 11) is 0. The molecule has 0 saturated carbocycles.